The summed E-state index contributed by atoms with van der Waals surface area (Å²) in [6.07, 6.45) is -0.928. The number of carboxylic acid groups (broad SMARTS) is 1. The molecular formula is C34H38ClN5O5. The molecule has 1 fully saturated rings. The van der Waals surface area contributed by atoms with Gasteiger partial charge in [0, 0.05) is 43.2 Å². The number of piperazine rings is 1. The van der Waals surface area contributed by atoms with Crippen molar-refractivity contribution in [1.82, 2.24) is 20.1 Å². The molecular weight excluding hydrogens is 594 g/mol. The maximum absolute atomic E-state index is 13.6. The second-order valence-corrected chi connectivity index (χ2v) is 10.9. The molecule has 0 bridgehead atoms. The zero-order valence-electron chi connectivity index (χ0n) is 25.2. The summed E-state index contributed by atoms with van der Waals surface area (Å²) in [7, 11) is 0. The number of amides is 2. The fourth-order valence-electron chi connectivity index (χ4n) is 5.33. The van der Waals surface area contributed by atoms with Gasteiger partial charge in [0.15, 0.2) is 0 Å². The monoisotopic (exact) mass is 631 g/mol. The number of hydrazine groups is 1. The maximum Gasteiger partial charge on any atom is 0.421 e. The van der Waals surface area contributed by atoms with Crippen LogP contribution in [0.4, 0.5) is 4.79 Å². The molecule has 4 rings (SSSR count). The van der Waals surface area contributed by atoms with Crippen LogP contribution >= 0.6 is 11.6 Å². The van der Waals surface area contributed by atoms with Gasteiger partial charge in [0.05, 0.1) is 19.2 Å². The van der Waals surface area contributed by atoms with Crippen LogP contribution in [0.5, 0.6) is 0 Å². The molecule has 0 spiro atoms. The third kappa shape index (κ3) is 9.54. The van der Waals surface area contributed by atoms with Crippen molar-refractivity contribution in [3.05, 3.63) is 106 Å². The number of ether oxygens (including phenoxy) is 1. The molecule has 11 heteroatoms. The lowest BCUT2D eigenvalue weighted by Crippen LogP contribution is -2.52. The van der Waals surface area contributed by atoms with Crippen molar-refractivity contribution >= 4 is 29.6 Å². The molecule has 1 saturated heterocycles. The topological polar surface area (TPSA) is 128 Å². The van der Waals surface area contributed by atoms with Gasteiger partial charge in [-0.25, -0.2) is 15.6 Å². The molecule has 0 aliphatic carbocycles. The number of nitrogens with one attached hydrogen (secondary N) is 1. The Hall–Kier alpha value is -4.40. The molecule has 10 nitrogen and oxygen atoms in total. The largest absolute Gasteiger partial charge is 0.465 e. The van der Waals surface area contributed by atoms with Gasteiger partial charge in [-0.05, 0) is 47.9 Å². The molecule has 0 aromatic heterocycles. The van der Waals surface area contributed by atoms with Gasteiger partial charge >= 0.3 is 12.1 Å². The van der Waals surface area contributed by atoms with E-state index < -0.39 is 18.1 Å². The highest BCUT2D eigenvalue weighted by Crippen LogP contribution is 2.32. The van der Waals surface area contributed by atoms with E-state index in [2.05, 4.69) is 51.2 Å². The first kappa shape index (κ1) is 33.5. The predicted molar refractivity (Wildman–Crippen MR) is 172 cm³/mol. The zero-order valence-corrected chi connectivity index (χ0v) is 26.0. The minimum Gasteiger partial charge on any atom is -0.465 e. The van der Waals surface area contributed by atoms with Gasteiger partial charge in [0.2, 0.25) is 5.91 Å². The summed E-state index contributed by atoms with van der Waals surface area (Å²) in [6.45, 7) is 4.50. The van der Waals surface area contributed by atoms with E-state index in [0.29, 0.717) is 36.2 Å². The minimum atomic E-state index is -1.21. The molecule has 3 aromatic carbocycles. The van der Waals surface area contributed by atoms with Crippen LogP contribution in [0.25, 0.3) is 0 Å². The smallest absolute Gasteiger partial charge is 0.421 e. The highest BCUT2D eigenvalue weighted by atomic mass is 35.5. The van der Waals surface area contributed by atoms with Gasteiger partial charge in [-0.1, -0.05) is 78.0 Å². The lowest BCUT2D eigenvalue weighted by Gasteiger charge is -2.42. The van der Waals surface area contributed by atoms with E-state index in [1.165, 1.54) is 5.56 Å². The Kier molecular flexibility index (Phi) is 12.4. The van der Waals surface area contributed by atoms with Gasteiger partial charge in [0.25, 0.3) is 0 Å². The number of nitrogens with zero attached hydrogens (tertiary/aromatic N) is 3. The standard InChI is InChI=1S/C34H38ClN5O5/c1-2-45-30(41)24-37-33(42)32(28-13-11-25(12-14-28)8-6-7-19-40(36)34(43)44)39-22-20-38(21-23-39)31(26-9-4-3-5-10-26)27-15-17-29(35)18-16-27/h3-5,9-18,31-32H,2,7,19-24,36H2,1H3,(H,37,42)(H,43,44)/t31-,32?/m1/s1. The quantitative estimate of drug-likeness (QED) is 0.0950. The van der Waals surface area contributed by atoms with E-state index in [9.17, 15) is 14.4 Å². The van der Waals surface area contributed by atoms with Crippen LogP contribution in [0.2, 0.25) is 5.02 Å². The van der Waals surface area contributed by atoms with Gasteiger partial charge < -0.3 is 15.2 Å². The molecule has 3 aromatic rings. The Labute approximate surface area is 268 Å². The van der Waals surface area contributed by atoms with Gasteiger partial charge in [0.1, 0.15) is 12.6 Å². The van der Waals surface area contributed by atoms with Crippen molar-refractivity contribution in [3.8, 4) is 11.8 Å². The SMILES string of the molecule is CCOC(=O)CNC(=O)C(c1ccc(C#CCCN(N)C(=O)O)cc1)N1CCN([C@H](c2ccccc2)c2ccc(Cl)cc2)CC1. The second kappa shape index (κ2) is 16.6. The van der Waals surface area contributed by atoms with E-state index >= 15 is 0 Å². The summed E-state index contributed by atoms with van der Waals surface area (Å²) >= 11 is 6.20. The van der Waals surface area contributed by atoms with E-state index in [1.54, 1.807) is 6.92 Å². The van der Waals surface area contributed by atoms with Crippen LogP contribution in [-0.4, -0.2) is 83.8 Å². The highest BCUT2D eigenvalue weighted by molar-refractivity contribution is 6.30. The third-order valence-electron chi connectivity index (χ3n) is 7.52. The van der Waals surface area contributed by atoms with Crippen molar-refractivity contribution in [2.75, 3.05) is 45.9 Å². The number of benzene rings is 3. The molecule has 0 radical (unpaired) electrons. The fraction of sp³-hybridized carbons (Fsp3) is 0.324. The zero-order chi connectivity index (χ0) is 32.2. The molecule has 2 atom stereocenters. The second-order valence-electron chi connectivity index (χ2n) is 10.5. The first-order valence-electron chi connectivity index (χ1n) is 14.8. The van der Waals surface area contributed by atoms with E-state index in [1.807, 2.05) is 54.6 Å². The Bertz CT molecular complexity index is 1480. The van der Waals surface area contributed by atoms with Crippen LogP contribution < -0.4 is 11.2 Å². The van der Waals surface area contributed by atoms with E-state index in [-0.39, 0.29) is 38.1 Å². The van der Waals surface area contributed by atoms with Gasteiger partial charge in [-0.15, -0.1) is 0 Å². The van der Waals surface area contributed by atoms with Crippen molar-refractivity contribution in [2.24, 2.45) is 5.84 Å². The first-order chi connectivity index (χ1) is 21.8. The molecule has 236 valence electrons. The summed E-state index contributed by atoms with van der Waals surface area (Å²) in [4.78, 5) is 41.0. The molecule has 45 heavy (non-hydrogen) atoms. The molecule has 1 heterocycles. The molecule has 4 N–H and O–H groups in total. The minimum absolute atomic E-state index is 0.0291. The van der Waals surface area contributed by atoms with Crippen LogP contribution in [0.1, 0.15) is 47.7 Å². The van der Waals surface area contributed by atoms with E-state index in [4.69, 9.17) is 27.3 Å². The van der Waals surface area contributed by atoms with Crippen LogP contribution in [0.15, 0.2) is 78.9 Å². The van der Waals surface area contributed by atoms with Crippen molar-refractivity contribution in [3.63, 3.8) is 0 Å². The van der Waals surface area contributed by atoms with Crippen molar-refractivity contribution < 1.29 is 24.2 Å². The molecule has 1 unspecified atom stereocenters. The molecule has 1 aliphatic heterocycles. The highest BCUT2D eigenvalue weighted by Gasteiger charge is 2.33. The number of hydrogen-bond acceptors (Lipinski definition) is 7. The summed E-state index contributed by atoms with van der Waals surface area (Å²) in [5, 5.41) is 13.0. The lowest BCUT2D eigenvalue weighted by atomic mass is 9.96. The summed E-state index contributed by atoms with van der Waals surface area (Å²) in [5.74, 6) is 10.5. The average molecular weight is 632 g/mol. The summed E-state index contributed by atoms with van der Waals surface area (Å²) in [5.41, 5.74) is 3.81. The Balaban J connectivity index is 1.51. The van der Waals surface area contributed by atoms with Gasteiger partial charge in [-0.2, -0.15) is 0 Å². The van der Waals surface area contributed by atoms with Crippen LogP contribution in [0.3, 0.4) is 0 Å². The van der Waals surface area contributed by atoms with Crippen LogP contribution in [-0.2, 0) is 14.3 Å². The summed E-state index contributed by atoms with van der Waals surface area (Å²) < 4.78 is 5.00. The van der Waals surface area contributed by atoms with Crippen LogP contribution in [0, 0.1) is 11.8 Å². The lowest BCUT2D eigenvalue weighted by molar-refractivity contribution is -0.144. The normalized spacial score (nSPS) is 14.8. The fourth-order valence-corrected chi connectivity index (χ4v) is 5.46. The number of rotatable bonds is 11. The molecule has 2 amide bonds. The maximum atomic E-state index is 13.6. The first-order valence-corrected chi connectivity index (χ1v) is 15.2. The predicted octanol–water partition coefficient (Wildman–Crippen LogP) is 4.06. The average Bonchev–Trinajstić information content (AvgIpc) is 3.05. The van der Waals surface area contributed by atoms with Crippen molar-refractivity contribution in [2.45, 2.75) is 25.4 Å². The number of nitrogens with two attached hydrogens (primary N) is 1. The number of carbonyl (C=O) groups is 3. The number of hydrogen-bond donors (Lipinski definition) is 3. The number of esters is 1. The van der Waals surface area contributed by atoms with Crippen molar-refractivity contribution in [1.29, 1.82) is 0 Å². The Morgan fingerprint density at radius 2 is 1.53 bits per heavy atom. The Morgan fingerprint density at radius 3 is 2.16 bits per heavy atom. The third-order valence-corrected chi connectivity index (χ3v) is 7.78. The number of carbonyl (C=O) groups excluding carboxylic acids is 2. The molecule has 0 saturated carbocycles. The summed E-state index contributed by atoms with van der Waals surface area (Å²) in [6, 6.07) is 25.0. The number of halogens is 1. The molecule has 1 aliphatic rings. The van der Waals surface area contributed by atoms with Gasteiger partial charge in [-0.3, -0.25) is 19.4 Å². The Morgan fingerprint density at radius 1 is 0.933 bits per heavy atom. The van der Waals surface area contributed by atoms with E-state index in [0.717, 1.165) is 16.7 Å².